The molecule has 1 rings (SSSR count). The Kier molecular flexibility index (Phi) is 1.35. The number of carbonyl (C=O) groups is 1. The first-order valence-corrected chi connectivity index (χ1v) is 3.25. The van der Waals surface area contributed by atoms with E-state index in [0.29, 0.717) is 0 Å². The van der Waals surface area contributed by atoms with Gasteiger partial charge in [0.05, 0.1) is 12.8 Å². The highest BCUT2D eigenvalue weighted by molar-refractivity contribution is 9.10. The Hall–Kier alpha value is -0.380. The highest BCUT2D eigenvalue weighted by atomic mass is 79.9. The van der Waals surface area contributed by atoms with Gasteiger partial charge >= 0.3 is 5.97 Å². The third-order valence-corrected chi connectivity index (χ3v) is 2.28. The molecule has 0 aromatic heterocycles. The fourth-order valence-corrected chi connectivity index (χ4v) is 0.960. The Morgan fingerprint density at radius 2 is 2.33 bits per heavy atom. The summed E-state index contributed by atoms with van der Waals surface area (Å²) in [5, 5.41) is 0. The molecule has 0 spiro atoms. The number of halogens is 1. The van der Waals surface area contributed by atoms with Gasteiger partial charge in [0.15, 0.2) is 0 Å². The highest BCUT2D eigenvalue weighted by Crippen LogP contribution is 2.35. The summed E-state index contributed by atoms with van der Waals surface area (Å²) in [6.07, 6.45) is 0. The topological polar surface area (TPSA) is 38.7 Å². The van der Waals surface area contributed by atoms with Crippen LogP contribution in [0, 0.1) is 0 Å². The van der Waals surface area contributed by atoms with Crippen LogP contribution in [0.4, 0.5) is 0 Å². The van der Waals surface area contributed by atoms with Crippen molar-refractivity contribution >= 4 is 27.6 Å². The van der Waals surface area contributed by atoms with Gasteiger partial charge in [0.25, 0.3) is 0 Å². The van der Waals surface area contributed by atoms with Gasteiger partial charge in [-0.05, 0) is 22.9 Å². The fraction of sp³-hybridized carbons (Fsp3) is 0.600. The van der Waals surface area contributed by atoms with Crippen LogP contribution in [-0.4, -0.2) is 23.2 Å². The van der Waals surface area contributed by atoms with Crippen molar-refractivity contribution in [1.82, 2.24) is 0 Å². The highest BCUT2D eigenvalue weighted by Gasteiger charge is 2.50. The minimum atomic E-state index is -0.790. The molecular formula is C5H6BrNO2. The van der Waals surface area contributed by atoms with E-state index in [-0.39, 0.29) is 5.97 Å². The number of carbonyl (C=O) groups excluding carboxylic acids is 1. The van der Waals surface area contributed by atoms with E-state index in [4.69, 9.17) is 0 Å². The van der Waals surface area contributed by atoms with Crippen molar-refractivity contribution in [3.05, 3.63) is 0 Å². The van der Waals surface area contributed by atoms with Crippen LogP contribution in [0.25, 0.3) is 0 Å². The first-order chi connectivity index (χ1) is 4.11. The summed E-state index contributed by atoms with van der Waals surface area (Å²) in [5.41, 5.74) is 0.773. The molecule has 0 aromatic rings. The van der Waals surface area contributed by atoms with Crippen molar-refractivity contribution in [2.75, 3.05) is 7.11 Å². The number of aliphatic imine (C=N–C) groups is 1. The monoisotopic (exact) mass is 191 g/mol. The van der Waals surface area contributed by atoms with E-state index in [0.717, 1.165) is 5.71 Å². The normalized spacial score (nSPS) is 31.2. The molecule has 9 heavy (non-hydrogen) atoms. The third kappa shape index (κ3) is 0.871. The molecule has 3 nitrogen and oxygen atoms in total. The molecule has 0 bridgehead atoms. The Balaban J connectivity index is 2.57. The molecule has 1 aliphatic heterocycles. The van der Waals surface area contributed by atoms with Gasteiger partial charge < -0.3 is 4.74 Å². The Labute approximate surface area is 61.2 Å². The molecule has 0 amide bonds. The van der Waals surface area contributed by atoms with Crippen LogP contribution in [0.1, 0.15) is 6.92 Å². The number of hydrogen-bond acceptors (Lipinski definition) is 3. The number of methoxy groups -OCH3 is 1. The Morgan fingerprint density at radius 3 is 2.44 bits per heavy atom. The lowest BCUT2D eigenvalue weighted by atomic mass is 10.3. The maximum absolute atomic E-state index is 10.7. The Morgan fingerprint density at radius 1 is 1.89 bits per heavy atom. The van der Waals surface area contributed by atoms with Gasteiger partial charge in [0, 0.05) is 0 Å². The van der Waals surface area contributed by atoms with Crippen LogP contribution in [0.15, 0.2) is 4.99 Å². The zero-order valence-corrected chi connectivity index (χ0v) is 6.73. The van der Waals surface area contributed by atoms with E-state index in [1.54, 1.807) is 6.92 Å². The lowest BCUT2D eigenvalue weighted by molar-refractivity contribution is -0.140. The molecular weight excluding hydrogens is 186 g/mol. The minimum Gasteiger partial charge on any atom is -0.466 e. The molecule has 0 saturated carbocycles. The van der Waals surface area contributed by atoms with Gasteiger partial charge in [-0.2, -0.15) is 0 Å². The Bertz CT molecular complexity index is 189. The van der Waals surface area contributed by atoms with E-state index in [9.17, 15) is 4.79 Å². The van der Waals surface area contributed by atoms with Crippen molar-refractivity contribution < 1.29 is 9.53 Å². The average Bonchev–Trinajstić information content (AvgIpc) is 2.41. The molecule has 0 fully saturated rings. The number of rotatable bonds is 1. The van der Waals surface area contributed by atoms with Crippen molar-refractivity contribution in [1.29, 1.82) is 0 Å². The van der Waals surface area contributed by atoms with Crippen LogP contribution in [-0.2, 0) is 9.53 Å². The van der Waals surface area contributed by atoms with Crippen LogP contribution in [0.3, 0.4) is 0 Å². The predicted molar refractivity (Wildman–Crippen MR) is 36.8 cm³/mol. The zero-order valence-electron chi connectivity index (χ0n) is 5.14. The van der Waals surface area contributed by atoms with Crippen molar-refractivity contribution in [2.24, 2.45) is 4.99 Å². The number of ether oxygens (including phenoxy) is 1. The summed E-state index contributed by atoms with van der Waals surface area (Å²) in [6.45, 7) is 1.77. The molecule has 0 aromatic carbocycles. The molecule has 50 valence electrons. The lowest BCUT2D eigenvalue weighted by Crippen LogP contribution is -2.23. The second-order valence-electron chi connectivity index (χ2n) is 1.81. The van der Waals surface area contributed by atoms with E-state index >= 15 is 0 Å². The van der Waals surface area contributed by atoms with Gasteiger partial charge in [0.1, 0.15) is 0 Å². The second kappa shape index (κ2) is 1.80. The summed E-state index contributed by atoms with van der Waals surface area (Å²) in [5.74, 6) is -0.347. The molecule has 0 saturated heterocycles. The minimum absolute atomic E-state index is 0.347. The molecule has 0 unspecified atom stereocenters. The predicted octanol–water partition coefficient (Wildman–Crippen LogP) is 0.725. The molecule has 1 aliphatic rings. The molecule has 4 heteroatoms. The van der Waals surface area contributed by atoms with E-state index in [1.807, 2.05) is 0 Å². The zero-order chi connectivity index (χ0) is 7.07. The van der Waals surface area contributed by atoms with Crippen molar-refractivity contribution in [2.45, 2.75) is 11.4 Å². The maximum Gasteiger partial charge on any atom is 0.350 e. The van der Waals surface area contributed by atoms with Crippen LogP contribution in [0.5, 0.6) is 0 Å². The van der Waals surface area contributed by atoms with Gasteiger partial charge in [0.2, 0.25) is 4.45 Å². The fourth-order valence-electron chi connectivity index (χ4n) is 0.532. The largest absolute Gasteiger partial charge is 0.466 e. The molecule has 0 radical (unpaired) electrons. The van der Waals surface area contributed by atoms with Gasteiger partial charge in [-0.3, -0.25) is 4.99 Å². The maximum atomic E-state index is 10.7. The summed E-state index contributed by atoms with van der Waals surface area (Å²) < 4.78 is 3.66. The SMILES string of the molecule is COC(=O)[C@]1(Br)N=C1C. The number of nitrogens with zero attached hydrogens (tertiary/aromatic N) is 1. The molecule has 0 aliphatic carbocycles. The van der Waals surface area contributed by atoms with Crippen LogP contribution < -0.4 is 0 Å². The number of hydrogen-bond donors (Lipinski definition) is 0. The summed E-state index contributed by atoms with van der Waals surface area (Å²) in [7, 11) is 1.34. The van der Waals surface area contributed by atoms with Crippen LogP contribution >= 0.6 is 15.9 Å². The molecule has 1 heterocycles. The van der Waals surface area contributed by atoms with Gasteiger partial charge in [-0.15, -0.1) is 0 Å². The second-order valence-corrected chi connectivity index (χ2v) is 2.96. The lowest BCUT2D eigenvalue weighted by Gasteiger charge is -2.00. The quantitative estimate of drug-likeness (QED) is 0.349. The molecule has 1 atom stereocenters. The van der Waals surface area contributed by atoms with Gasteiger partial charge in [-0.25, -0.2) is 4.79 Å². The van der Waals surface area contributed by atoms with E-state index in [2.05, 4.69) is 25.7 Å². The van der Waals surface area contributed by atoms with Crippen molar-refractivity contribution in [3.63, 3.8) is 0 Å². The first kappa shape index (κ1) is 6.74. The van der Waals surface area contributed by atoms with E-state index < -0.39 is 4.45 Å². The number of alkyl halides is 1. The van der Waals surface area contributed by atoms with E-state index in [1.165, 1.54) is 7.11 Å². The third-order valence-electron chi connectivity index (χ3n) is 1.21. The average molecular weight is 192 g/mol. The number of esters is 1. The van der Waals surface area contributed by atoms with Crippen LogP contribution in [0.2, 0.25) is 0 Å². The standard InChI is InChI=1S/C5H6BrNO2/c1-3-5(6,7-3)4(8)9-2/h1-2H3/t5-/m1/s1. The smallest absolute Gasteiger partial charge is 0.350 e. The van der Waals surface area contributed by atoms with Gasteiger partial charge in [-0.1, -0.05) is 0 Å². The summed E-state index contributed by atoms with van der Waals surface area (Å²) in [4.78, 5) is 14.5. The summed E-state index contributed by atoms with van der Waals surface area (Å²) >= 11 is 3.10. The van der Waals surface area contributed by atoms with Crippen molar-refractivity contribution in [3.8, 4) is 0 Å². The first-order valence-electron chi connectivity index (χ1n) is 2.45. The molecule has 0 N–H and O–H groups in total. The summed E-state index contributed by atoms with van der Waals surface area (Å²) in [6, 6.07) is 0.